The van der Waals surface area contributed by atoms with Crippen LogP contribution in [0.15, 0.2) is 0 Å². The van der Waals surface area contributed by atoms with E-state index in [0.29, 0.717) is 6.42 Å². The summed E-state index contributed by atoms with van der Waals surface area (Å²) in [4.78, 5) is 22.8. The second-order valence-corrected chi connectivity index (χ2v) is 4.17. The predicted molar refractivity (Wildman–Crippen MR) is 70.7 cm³/mol. The summed E-state index contributed by atoms with van der Waals surface area (Å²) in [6.45, 7) is 5.77. The van der Waals surface area contributed by atoms with Crippen molar-refractivity contribution < 1.29 is 9.59 Å². The molecule has 0 spiro atoms. The topological polar surface area (TPSA) is 98.2 Å². The van der Waals surface area contributed by atoms with Crippen molar-refractivity contribution in [3.63, 3.8) is 0 Å². The summed E-state index contributed by atoms with van der Waals surface area (Å²) in [6, 6.07) is -1.18. The molecule has 0 bridgehead atoms. The molecular weight excluding hydrogens is 242 g/mol. The molecule has 6 heteroatoms. The molecule has 3 atom stereocenters. The maximum Gasteiger partial charge on any atom is 0.240 e. The van der Waals surface area contributed by atoms with Gasteiger partial charge in [0.2, 0.25) is 11.8 Å². The highest BCUT2D eigenvalue weighted by molar-refractivity contribution is 5.89. The van der Waals surface area contributed by atoms with E-state index in [1.807, 2.05) is 20.8 Å². The van der Waals surface area contributed by atoms with E-state index in [9.17, 15) is 9.59 Å². The van der Waals surface area contributed by atoms with E-state index in [1.54, 1.807) is 0 Å². The number of primary amides is 1. The Morgan fingerprint density at radius 2 is 1.82 bits per heavy atom. The molecule has 0 unspecified atom stereocenters. The molecule has 0 aliphatic heterocycles. The van der Waals surface area contributed by atoms with Gasteiger partial charge in [0.15, 0.2) is 0 Å². The molecule has 0 radical (unpaired) electrons. The largest absolute Gasteiger partial charge is 0.368 e. The molecule has 5 N–H and O–H groups in total. The summed E-state index contributed by atoms with van der Waals surface area (Å²) < 4.78 is 0. The molecule has 0 aromatic rings. The minimum Gasteiger partial charge on any atom is -0.368 e. The van der Waals surface area contributed by atoms with Gasteiger partial charge in [0, 0.05) is 0 Å². The van der Waals surface area contributed by atoms with Gasteiger partial charge in [0.25, 0.3) is 0 Å². The number of amides is 2. The summed E-state index contributed by atoms with van der Waals surface area (Å²) in [5, 5.41) is 2.61. The van der Waals surface area contributed by atoms with Crippen molar-refractivity contribution in [2.75, 3.05) is 0 Å². The van der Waals surface area contributed by atoms with Crippen molar-refractivity contribution in [1.82, 2.24) is 5.32 Å². The standard InChI is InChI=1S/C11H23N3O2.ClH/c1-4-6-8(12)11(16)14-9(10(13)15)7(3)5-2;/h7-9H,4-6,12H2,1-3H3,(H2,13,15)(H,14,16);1H/t7-,8-,9-;/m0./s1. The van der Waals surface area contributed by atoms with Crippen LogP contribution in [-0.2, 0) is 9.59 Å². The molecule has 102 valence electrons. The normalized spacial score (nSPS) is 15.3. The van der Waals surface area contributed by atoms with Gasteiger partial charge in [-0.25, -0.2) is 0 Å². The highest BCUT2D eigenvalue weighted by Crippen LogP contribution is 2.07. The fourth-order valence-electron chi connectivity index (χ4n) is 1.43. The highest BCUT2D eigenvalue weighted by Gasteiger charge is 2.25. The van der Waals surface area contributed by atoms with Crippen LogP contribution in [0, 0.1) is 5.92 Å². The Balaban J connectivity index is 0. The van der Waals surface area contributed by atoms with Crippen LogP contribution in [0.1, 0.15) is 40.0 Å². The van der Waals surface area contributed by atoms with Crippen molar-refractivity contribution in [3.8, 4) is 0 Å². The molecule has 0 saturated carbocycles. The molecule has 0 aliphatic rings. The molecule has 0 aliphatic carbocycles. The Kier molecular flexibility index (Phi) is 10.1. The molecule has 0 aromatic heterocycles. The van der Waals surface area contributed by atoms with Crippen molar-refractivity contribution in [2.45, 2.75) is 52.1 Å². The van der Waals surface area contributed by atoms with Crippen LogP contribution >= 0.6 is 12.4 Å². The molecule has 0 fully saturated rings. The van der Waals surface area contributed by atoms with E-state index >= 15 is 0 Å². The molecule has 0 rings (SSSR count). The summed E-state index contributed by atoms with van der Waals surface area (Å²) in [5.41, 5.74) is 10.9. The first kappa shape index (κ1) is 18.6. The maximum atomic E-state index is 11.6. The smallest absolute Gasteiger partial charge is 0.240 e. The van der Waals surface area contributed by atoms with Crippen LogP contribution in [0.3, 0.4) is 0 Å². The van der Waals surface area contributed by atoms with Gasteiger partial charge in [-0.05, 0) is 12.3 Å². The number of nitrogens with two attached hydrogens (primary N) is 2. The fraction of sp³-hybridized carbons (Fsp3) is 0.818. The molecule has 0 aromatic carbocycles. The molecule has 17 heavy (non-hydrogen) atoms. The van der Waals surface area contributed by atoms with Gasteiger partial charge < -0.3 is 16.8 Å². The maximum absolute atomic E-state index is 11.6. The van der Waals surface area contributed by atoms with Crippen LogP contribution in [0.2, 0.25) is 0 Å². The predicted octanol–water partition coefficient (Wildman–Crippen LogP) is 0.552. The highest BCUT2D eigenvalue weighted by atomic mass is 35.5. The second-order valence-electron chi connectivity index (χ2n) is 4.17. The second kappa shape index (κ2) is 9.24. The van der Waals surface area contributed by atoms with Crippen LogP contribution in [0.5, 0.6) is 0 Å². The Labute approximate surface area is 109 Å². The number of hydrogen-bond acceptors (Lipinski definition) is 3. The van der Waals surface area contributed by atoms with Crippen LogP contribution < -0.4 is 16.8 Å². The van der Waals surface area contributed by atoms with Crippen LogP contribution in [0.4, 0.5) is 0 Å². The van der Waals surface area contributed by atoms with Gasteiger partial charge in [-0.15, -0.1) is 12.4 Å². The molecule has 0 saturated heterocycles. The first-order chi connectivity index (χ1) is 7.43. The Morgan fingerprint density at radius 1 is 1.29 bits per heavy atom. The van der Waals surface area contributed by atoms with E-state index in [2.05, 4.69) is 5.32 Å². The van der Waals surface area contributed by atoms with E-state index < -0.39 is 18.0 Å². The van der Waals surface area contributed by atoms with Gasteiger partial charge in [-0.1, -0.05) is 33.6 Å². The Morgan fingerprint density at radius 3 is 2.18 bits per heavy atom. The third-order valence-electron chi connectivity index (χ3n) is 2.75. The zero-order valence-corrected chi connectivity index (χ0v) is 11.5. The lowest BCUT2D eigenvalue weighted by molar-refractivity contribution is -0.129. The van der Waals surface area contributed by atoms with Crippen LogP contribution in [-0.4, -0.2) is 23.9 Å². The molecule has 5 nitrogen and oxygen atoms in total. The molecular formula is C11H24ClN3O2. The third kappa shape index (κ3) is 6.48. The van der Waals surface area contributed by atoms with Crippen LogP contribution in [0.25, 0.3) is 0 Å². The van der Waals surface area contributed by atoms with Gasteiger partial charge >= 0.3 is 0 Å². The van der Waals surface area contributed by atoms with Gasteiger partial charge in [0.1, 0.15) is 6.04 Å². The average Bonchev–Trinajstić information content (AvgIpc) is 2.24. The minimum absolute atomic E-state index is 0. The first-order valence-corrected chi connectivity index (χ1v) is 5.79. The van der Waals surface area contributed by atoms with E-state index in [-0.39, 0.29) is 24.2 Å². The number of carbonyl (C=O) groups excluding carboxylic acids is 2. The summed E-state index contributed by atoms with van der Waals surface area (Å²) >= 11 is 0. The monoisotopic (exact) mass is 265 g/mol. The first-order valence-electron chi connectivity index (χ1n) is 5.79. The summed E-state index contributed by atoms with van der Waals surface area (Å²) in [6.07, 6.45) is 2.22. The van der Waals surface area contributed by atoms with Gasteiger partial charge in [-0.3, -0.25) is 9.59 Å². The summed E-state index contributed by atoms with van der Waals surface area (Å²) in [7, 11) is 0. The number of carbonyl (C=O) groups is 2. The van der Waals surface area contributed by atoms with Crippen molar-refractivity contribution in [3.05, 3.63) is 0 Å². The number of nitrogens with one attached hydrogen (secondary N) is 1. The van der Waals surface area contributed by atoms with Gasteiger partial charge in [-0.2, -0.15) is 0 Å². The Hall–Kier alpha value is -0.810. The number of halogens is 1. The molecule has 0 heterocycles. The third-order valence-corrected chi connectivity index (χ3v) is 2.75. The lowest BCUT2D eigenvalue weighted by Gasteiger charge is -2.22. The number of rotatable bonds is 7. The van der Waals surface area contributed by atoms with Crippen molar-refractivity contribution in [2.24, 2.45) is 17.4 Å². The fourth-order valence-corrected chi connectivity index (χ4v) is 1.43. The summed E-state index contributed by atoms with van der Waals surface area (Å²) in [5.74, 6) is -0.785. The average molecular weight is 266 g/mol. The Bertz CT molecular complexity index is 249. The van der Waals surface area contributed by atoms with E-state index in [4.69, 9.17) is 11.5 Å². The number of hydrogen-bond donors (Lipinski definition) is 3. The quantitative estimate of drug-likeness (QED) is 0.627. The minimum atomic E-state index is -0.625. The van der Waals surface area contributed by atoms with E-state index in [1.165, 1.54) is 0 Å². The zero-order valence-electron chi connectivity index (χ0n) is 10.7. The zero-order chi connectivity index (χ0) is 12.7. The lowest BCUT2D eigenvalue weighted by atomic mass is 9.98. The lowest BCUT2D eigenvalue weighted by Crippen LogP contribution is -2.52. The van der Waals surface area contributed by atoms with Crippen molar-refractivity contribution >= 4 is 24.2 Å². The molecule has 2 amide bonds. The van der Waals surface area contributed by atoms with Gasteiger partial charge in [0.05, 0.1) is 6.04 Å². The van der Waals surface area contributed by atoms with Crippen molar-refractivity contribution in [1.29, 1.82) is 0 Å². The van der Waals surface area contributed by atoms with E-state index in [0.717, 1.165) is 12.8 Å². The SMILES string of the molecule is CCC[C@H](N)C(=O)N[C@H](C(N)=O)[C@@H](C)CC.Cl.